The Morgan fingerprint density at radius 3 is 2.30 bits per heavy atom. The molecule has 1 rings (SSSR count). The van der Waals surface area contributed by atoms with E-state index in [2.05, 4.69) is 4.72 Å². The minimum Gasteiger partial charge on any atom is -0.478 e. The molecule has 0 bridgehead atoms. The summed E-state index contributed by atoms with van der Waals surface area (Å²) in [5, 5.41) is 18.9. The molecule has 0 amide bonds. The molecule has 0 radical (unpaired) electrons. The van der Waals surface area contributed by atoms with Gasteiger partial charge in [0.2, 0.25) is 10.0 Å². The molecule has 0 aromatic rings. The highest BCUT2D eigenvalue weighted by molar-refractivity contribution is 7.91. The van der Waals surface area contributed by atoms with Crippen LogP contribution in [0.2, 0.25) is 0 Å². The molecule has 0 aromatic carbocycles. The van der Waals surface area contributed by atoms with Gasteiger partial charge in [-0.25, -0.2) is 17.9 Å². The van der Waals surface area contributed by atoms with E-state index in [1.54, 1.807) is 27.7 Å². The Hall–Kier alpha value is -1.44. The van der Waals surface area contributed by atoms with Crippen molar-refractivity contribution in [3.8, 4) is 0 Å². The summed E-state index contributed by atoms with van der Waals surface area (Å²) in [4.78, 5) is 11.0. The molecule has 0 spiro atoms. The zero-order chi connectivity index (χ0) is 18.1. The molecule has 3 N–H and O–H groups in total. The normalized spacial score (nSPS) is 22.6. The van der Waals surface area contributed by atoms with Crippen LogP contribution in [0.4, 0.5) is 0 Å². The fraction of sp³-hybridized carbons (Fsp3) is 0.562. The predicted molar refractivity (Wildman–Crippen MR) is 89.5 cm³/mol. The average Bonchev–Trinajstić information content (AvgIpc) is 2.47. The molecule has 6 nitrogen and oxygen atoms in total. The van der Waals surface area contributed by atoms with Crippen molar-refractivity contribution in [2.75, 3.05) is 0 Å². The summed E-state index contributed by atoms with van der Waals surface area (Å²) < 4.78 is 26.8. The second kappa shape index (κ2) is 6.22. The van der Waals surface area contributed by atoms with Crippen LogP contribution in [0.25, 0.3) is 0 Å². The SMILES string of the molecule is CC(C)(O)CC(C)(C)NS(=O)(=O)C1(C)C=CC=C(C(=O)O)C=C1. The highest BCUT2D eigenvalue weighted by atomic mass is 32.2. The third kappa shape index (κ3) is 5.30. The molecular formula is C16H25NO5S. The Bertz CT molecular complexity index is 665. The molecule has 0 fully saturated rings. The van der Waals surface area contributed by atoms with E-state index in [1.807, 2.05) is 0 Å². The zero-order valence-corrected chi connectivity index (χ0v) is 14.9. The van der Waals surface area contributed by atoms with Gasteiger partial charge in [-0.15, -0.1) is 0 Å². The van der Waals surface area contributed by atoms with E-state index in [0.717, 1.165) is 0 Å². The summed E-state index contributed by atoms with van der Waals surface area (Å²) in [6.45, 7) is 8.09. The Morgan fingerprint density at radius 1 is 1.26 bits per heavy atom. The maximum atomic E-state index is 12.8. The van der Waals surface area contributed by atoms with Crippen LogP contribution in [0.3, 0.4) is 0 Å². The number of hydrogen-bond donors (Lipinski definition) is 3. The highest BCUT2D eigenvalue weighted by Gasteiger charge is 2.40. The molecule has 1 unspecified atom stereocenters. The molecule has 1 aliphatic rings. The Morgan fingerprint density at radius 2 is 1.83 bits per heavy atom. The largest absolute Gasteiger partial charge is 0.478 e. The van der Waals surface area contributed by atoms with Crippen molar-refractivity contribution in [3.63, 3.8) is 0 Å². The Labute approximate surface area is 137 Å². The van der Waals surface area contributed by atoms with Crippen molar-refractivity contribution in [2.24, 2.45) is 0 Å². The number of aliphatic carboxylic acids is 1. The monoisotopic (exact) mass is 343 g/mol. The van der Waals surface area contributed by atoms with E-state index in [4.69, 9.17) is 5.11 Å². The van der Waals surface area contributed by atoms with Gasteiger partial charge in [-0.2, -0.15) is 0 Å². The molecule has 1 atom stereocenters. The molecule has 7 heteroatoms. The lowest BCUT2D eigenvalue weighted by molar-refractivity contribution is -0.132. The number of carbonyl (C=O) groups is 1. The van der Waals surface area contributed by atoms with E-state index in [9.17, 15) is 18.3 Å². The minimum atomic E-state index is -3.85. The van der Waals surface area contributed by atoms with Gasteiger partial charge in [0.25, 0.3) is 0 Å². The first kappa shape index (κ1) is 19.6. The molecule has 0 aromatic heterocycles. The van der Waals surface area contributed by atoms with Gasteiger partial charge < -0.3 is 10.2 Å². The number of allylic oxidation sites excluding steroid dienone is 2. The number of sulfonamides is 1. The van der Waals surface area contributed by atoms with Crippen molar-refractivity contribution < 1.29 is 23.4 Å². The molecule has 130 valence electrons. The number of nitrogens with one attached hydrogen (secondary N) is 1. The fourth-order valence-electron chi connectivity index (χ4n) is 2.62. The van der Waals surface area contributed by atoms with Crippen LogP contribution in [-0.4, -0.2) is 40.5 Å². The number of rotatable bonds is 6. The second-order valence-electron chi connectivity index (χ2n) is 7.28. The number of carboxylic acids is 1. The van der Waals surface area contributed by atoms with Crippen LogP contribution in [0.1, 0.15) is 41.0 Å². The number of aliphatic hydroxyl groups is 1. The van der Waals surface area contributed by atoms with E-state index in [1.165, 1.54) is 37.3 Å². The Balaban J connectivity index is 3.10. The van der Waals surface area contributed by atoms with Crippen LogP contribution in [0.15, 0.2) is 36.0 Å². The summed E-state index contributed by atoms with van der Waals surface area (Å²) in [7, 11) is -3.85. The first-order valence-corrected chi connectivity index (χ1v) is 8.74. The van der Waals surface area contributed by atoms with Crippen molar-refractivity contribution in [3.05, 3.63) is 36.0 Å². The van der Waals surface area contributed by atoms with Crippen molar-refractivity contribution in [2.45, 2.75) is 56.9 Å². The molecule has 0 aliphatic heterocycles. The first-order valence-electron chi connectivity index (χ1n) is 7.25. The van der Waals surface area contributed by atoms with Crippen LogP contribution in [-0.2, 0) is 14.8 Å². The van der Waals surface area contributed by atoms with Gasteiger partial charge in [-0.05, 0) is 53.2 Å². The van der Waals surface area contributed by atoms with Crippen LogP contribution < -0.4 is 4.72 Å². The van der Waals surface area contributed by atoms with E-state index in [-0.39, 0.29) is 12.0 Å². The van der Waals surface area contributed by atoms with Crippen LogP contribution in [0, 0.1) is 0 Å². The fourth-order valence-corrected chi connectivity index (χ4v) is 4.15. The van der Waals surface area contributed by atoms with Crippen LogP contribution >= 0.6 is 0 Å². The third-order valence-corrected chi connectivity index (χ3v) is 5.66. The smallest absolute Gasteiger partial charge is 0.335 e. The number of hydrogen-bond acceptors (Lipinski definition) is 4. The third-order valence-electron chi connectivity index (χ3n) is 3.41. The lowest BCUT2D eigenvalue weighted by Gasteiger charge is -2.35. The summed E-state index contributed by atoms with van der Waals surface area (Å²) in [6, 6.07) is 0. The van der Waals surface area contributed by atoms with Crippen molar-refractivity contribution >= 4 is 16.0 Å². The number of carboxylic acid groups (broad SMARTS) is 1. The molecule has 23 heavy (non-hydrogen) atoms. The van der Waals surface area contributed by atoms with E-state index < -0.39 is 31.9 Å². The predicted octanol–water partition coefficient (Wildman–Crippen LogP) is 1.74. The highest BCUT2D eigenvalue weighted by Crippen LogP contribution is 2.27. The van der Waals surface area contributed by atoms with Gasteiger partial charge in [0, 0.05) is 5.54 Å². The van der Waals surface area contributed by atoms with Gasteiger partial charge in [0.15, 0.2) is 0 Å². The molecule has 1 aliphatic carbocycles. The maximum absolute atomic E-state index is 12.8. The Kier molecular flexibility index (Phi) is 5.30. The lowest BCUT2D eigenvalue weighted by atomic mass is 9.91. The molecular weight excluding hydrogens is 318 g/mol. The topological polar surface area (TPSA) is 104 Å². The standard InChI is InChI=1S/C16H25NO5S/c1-14(2,11-15(3,4)20)17-23(21,22)16(5)9-6-7-12(8-10-16)13(18)19/h6-10,17,20H,11H2,1-5H3,(H,18,19). The van der Waals surface area contributed by atoms with Gasteiger partial charge in [0.05, 0.1) is 11.2 Å². The van der Waals surface area contributed by atoms with Gasteiger partial charge in [-0.1, -0.05) is 18.2 Å². The second-order valence-corrected chi connectivity index (χ2v) is 9.37. The summed E-state index contributed by atoms with van der Waals surface area (Å²) >= 11 is 0. The zero-order valence-electron chi connectivity index (χ0n) is 14.1. The molecule has 0 saturated carbocycles. The summed E-state index contributed by atoms with van der Waals surface area (Å²) in [5.41, 5.74) is -1.88. The van der Waals surface area contributed by atoms with E-state index >= 15 is 0 Å². The average molecular weight is 343 g/mol. The van der Waals surface area contributed by atoms with Gasteiger partial charge in [-0.3, -0.25) is 0 Å². The summed E-state index contributed by atoms with van der Waals surface area (Å²) in [5.74, 6) is -1.12. The van der Waals surface area contributed by atoms with Gasteiger partial charge in [0.1, 0.15) is 4.75 Å². The maximum Gasteiger partial charge on any atom is 0.335 e. The molecule has 0 heterocycles. The lowest BCUT2D eigenvalue weighted by Crippen LogP contribution is -2.53. The van der Waals surface area contributed by atoms with E-state index in [0.29, 0.717) is 0 Å². The molecule has 0 saturated heterocycles. The van der Waals surface area contributed by atoms with Crippen LogP contribution in [0.5, 0.6) is 0 Å². The van der Waals surface area contributed by atoms with Crippen molar-refractivity contribution in [1.82, 2.24) is 4.72 Å². The quantitative estimate of drug-likeness (QED) is 0.681. The minimum absolute atomic E-state index is 0.0101. The van der Waals surface area contributed by atoms with Gasteiger partial charge >= 0.3 is 5.97 Å². The first-order chi connectivity index (χ1) is 10.2. The van der Waals surface area contributed by atoms with Crippen molar-refractivity contribution in [1.29, 1.82) is 0 Å². The summed E-state index contributed by atoms with van der Waals surface area (Å²) in [6.07, 6.45) is 7.06.